The minimum atomic E-state index is -0.271. The van der Waals surface area contributed by atoms with Crippen molar-refractivity contribution in [2.45, 2.75) is 60.3 Å². The number of carbonyl (C=O) groups is 2. The molecular formula is C21H33NO3. The molecule has 0 radical (unpaired) electrons. The van der Waals surface area contributed by atoms with Gasteiger partial charge >= 0.3 is 0 Å². The van der Waals surface area contributed by atoms with E-state index in [4.69, 9.17) is 10.5 Å². The van der Waals surface area contributed by atoms with Gasteiger partial charge in [0.05, 0.1) is 12.8 Å². The lowest BCUT2D eigenvalue weighted by atomic mass is 9.88. The second kappa shape index (κ2) is 11.5. The van der Waals surface area contributed by atoms with Crippen LogP contribution in [0.25, 0.3) is 0 Å². The Kier molecular flexibility index (Phi) is 10.5. The molecule has 1 unspecified atom stereocenters. The standard InChI is InChI=1S/C19H27NO3.C2H6/c1-6-15-16(9-10-17(20)19(15)23-5)18(22)11-14(13(4)21)8-7-12(2)3;1-2/h9-10,14H,2,6-8,11,20H2,1,3-5H3;1-2H3. The van der Waals surface area contributed by atoms with E-state index < -0.39 is 0 Å². The van der Waals surface area contributed by atoms with Crippen LogP contribution in [0.5, 0.6) is 5.75 Å². The topological polar surface area (TPSA) is 69.4 Å². The van der Waals surface area contributed by atoms with E-state index in [9.17, 15) is 9.59 Å². The number of hydrogen-bond acceptors (Lipinski definition) is 4. The van der Waals surface area contributed by atoms with Crippen LogP contribution in [-0.2, 0) is 11.2 Å². The predicted molar refractivity (Wildman–Crippen MR) is 105 cm³/mol. The van der Waals surface area contributed by atoms with Crippen LogP contribution in [0.3, 0.4) is 0 Å². The molecule has 1 aromatic carbocycles. The third kappa shape index (κ3) is 6.73. The number of anilines is 1. The molecule has 1 atom stereocenters. The highest BCUT2D eigenvalue weighted by molar-refractivity contribution is 6.01. The van der Waals surface area contributed by atoms with Crippen LogP contribution in [0, 0.1) is 5.92 Å². The molecule has 0 bridgehead atoms. The first-order valence-corrected chi connectivity index (χ1v) is 8.95. The summed E-state index contributed by atoms with van der Waals surface area (Å²) in [6.07, 6.45) is 2.27. The number of benzene rings is 1. The Balaban J connectivity index is 0.00000277. The van der Waals surface area contributed by atoms with E-state index in [1.54, 1.807) is 26.2 Å². The Hall–Kier alpha value is -2.10. The van der Waals surface area contributed by atoms with E-state index in [-0.39, 0.29) is 23.9 Å². The molecule has 0 aliphatic heterocycles. The van der Waals surface area contributed by atoms with Crippen molar-refractivity contribution in [2.24, 2.45) is 5.92 Å². The number of hydrogen-bond donors (Lipinski definition) is 1. The summed E-state index contributed by atoms with van der Waals surface area (Å²) in [6, 6.07) is 3.41. The summed E-state index contributed by atoms with van der Waals surface area (Å²) in [4.78, 5) is 24.5. The van der Waals surface area contributed by atoms with Crippen LogP contribution >= 0.6 is 0 Å². The minimum absolute atomic E-state index is 0.0398. The van der Waals surface area contributed by atoms with Crippen LogP contribution in [0.1, 0.15) is 69.8 Å². The summed E-state index contributed by atoms with van der Waals surface area (Å²) in [6.45, 7) is 13.3. The van der Waals surface area contributed by atoms with Crippen molar-refractivity contribution >= 4 is 17.3 Å². The average Bonchev–Trinajstić information content (AvgIpc) is 2.59. The van der Waals surface area contributed by atoms with Gasteiger partial charge in [-0.15, -0.1) is 6.58 Å². The number of carbonyl (C=O) groups excluding carboxylic acids is 2. The Morgan fingerprint density at radius 3 is 2.28 bits per heavy atom. The van der Waals surface area contributed by atoms with Crippen LogP contribution in [0.15, 0.2) is 24.3 Å². The summed E-state index contributed by atoms with van der Waals surface area (Å²) < 4.78 is 5.33. The van der Waals surface area contributed by atoms with Gasteiger partial charge in [0.2, 0.25) is 0 Å². The zero-order valence-electron chi connectivity index (χ0n) is 16.6. The third-order valence-corrected chi connectivity index (χ3v) is 4.08. The van der Waals surface area contributed by atoms with Crippen LogP contribution in [-0.4, -0.2) is 18.7 Å². The van der Waals surface area contributed by atoms with Crippen molar-refractivity contribution < 1.29 is 14.3 Å². The second-order valence-corrected chi connectivity index (χ2v) is 6.00. The SMILES string of the molecule is C=C(C)CCC(CC(=O)c1ccc(N)c(OC)c1CC)C(C)=O.CC. The molecule has 2 N–H and O–H groups in total. The smallest absolute Gasteiger partial charge is 0.164 e. The van der Waals surface area contributed by atoms with Crippen molar-refractivity contribution in [2.75, 3.05) is 12.8 Å². The quantitative estimate of drug-likeness (QED) is 0.388. The molecule has 0 saturated heterocycles. The zero-order valence-corrected chi connectivity index (χ0v) is 16.6. The molecule has 1 rings (SSSR count). The first-order chi connectivity index (χ1) is 11.8. The van der Waals surface area contributed by atoms with Gasteiger partial charge < -0.3 is 10.5 Å². The Morgan fingerprint density at radius 1 is 1.24 bits per heavy atom. The van der Waals surface area contributed by atoms with Gasteiger partial charge in [-0.25, -0.2) is 0 Å². The summed E-state index contributed by atoms with van der Waals surface area (Å²) in [5.41, 5.74) is 8.85. The molecule has 0 saturated carbocycles. The molecule has 0 spiro atoms. The maximum atomic E-state index is 12.7. The minimum Gasteiger partial charge on any atom is -0.494 e. The molecule has 0 heterocycles. The van der Waals surface area contributed by atoms with E-state index in [1.807, 2.05) is 27.7 Å². The van der Waals surface area contributed by atoms with Crippen molar-refractivity contribution in [1.29, 1.82) is 0 Å². The molecule has 4 heteroatoms. The highest BCUT2D eigenvalue weighted by atomic mass is 16.5. The molecule has 0 fully saturated rings. The van der Waals surface area contributed by atoms with Gasteiger partial charge in [-0.1, -0.05) is 26.3 Å². The third-order valence-electron chi connectivity index (χ3n) is 4.08. The number of Topliss-reactive ketones (excluding diaryl/α,β-unsaturated/α-hetero) is 2. The summed E-state index contributed by atoms with van der Waals surface area (Å²) in [5, 5.41) is 0. The molecule has 25 heavy (non-hydrogen) atoms. The molecule has 140 valence electrons. The van der Waals surface area contributed by atoms with Gasteiger partial charge in [0.1, 0.15) is 11.5 Å². The Bertz CT molecular complexity index is 605. The van der Waals surface area contributed by atoms with Crippen molar-refractivity contribution in [3.63, 3.8) is 0 Å². The predicted octanol–water partition coefficient (Wildman–Crippen LogP) is 5.00. The second-order valence-electron chi connectivity index (χ2n) is 6.00. The maximum Gasteiger partial charge on any atom is 0.164 e. The van der Waals surface area contributed by atoms with Crippen LogP contribution < -0.4 is 10.5 Å². The van der Waals surface area contributed by atoms with Gasteiger partial charge in [0.15, 0.2) is 5.78 Å². The van der Waals surface area contributed by atoms with Gasteiger partial charge in [0, 0.05) is 23.5 Å². The number of methoxy groups -OCH3 is 1. The lowest BCUT2D eigenvalue weighted by Gasteiger charge is -2.17. The summed E-state index contributed by atoms with van der Waals surface area (Å²) in [5.74, 6) is 0.286. The number of rotatable bonds is 9. The van der Waals surface area contributed by atoms with E-state index in [1.165, 1.54) is 0 Å². The fourth-order valence-electron chi connectivity index (χ4n) is 2.70. The number of allylic oxidation sites excluding steroid dienone is 1. The number of nitrogens with two attached hydrogens (primary N) is 1. The molecule has 0 amide bonds. The fraction of sp³-hybridized carbons (Fsp3) is 0.524. The van der Waals surface area contributed by atoms with Crippen LogP contribution in [0.2, 0.25) is 0 Å². The zero-order chi connectivity index (χ0) is 19.6. The van der Waals surface area contributed by atoms with Gasteiger partial charge in [-0.2, -0.15) is 0 Å². The fourth-order valence-corrected chi connectivity index (χ4v) is 2.70. The highest BCUT2D eigenvalue weighted by Crippen LogP contribution is 2.31. The average molecular weight is 347 g/mol. The van der Waals surface area contributed by atoms with E-state index >= 15 is 0 Å². The molecule has 0 aromatic heterocycles. The van der Waals surface area contributed by atoms with Crippen molar-refractivity contribution in [1.82, 2.24) is 0 Å². The lowest BCUT2D eigenvalue weighted by Crippen LogP contribution is -2.17. The normalized spacial score (nSPS) is 11.1. The van der Waals surface area contributed by atoms with Gasteiger partial charge in [-0.05, 0) is 45.2 Å². The van der Waals surface area contributed by atoms with E-state index in [0.717, 1.165) is 17.6 Å². The highest BCUT2D eigenvalue weighted by Gasteiger charge is 2.22. The first kappa shape index (κ1) is 22.9. The number of ether oxygens (including phenoxy) is 1. The number of ketones is 2. The monoisotopic (exact) mass is 347 g/mol. The largest absolute Gasteiger partial charge is 0.494 e. The first-order valence-electron chi connectivity index (χ1n) is 8.95. The Labute approximate surface area is 152 Å². The number of nitrogen functional groups attached to an aromatic ring is 1. The van der Waals surface area contributed by atoms with Crippen molar-refractivity contribution in [3.05, 3.63) is 35.4 Å². The van der Waals surface area contributed by atoms with E-state index in [2.05, 4.69) is 6.58 Å². The molecule has 0 aliphatic rings. The molecule has 0 aliphatic carbocycles. The summed E-state index contributed by atoms with van der Waals surface area (Å²) >= 11 is 0. The van der Waals surface area contributed by atoms with Gasteiger partial charge in [-0.3, -0.25) is 9.59 Å². The maximum absolute atomic E-state index is 12.7. The van der Waals surface area contributed by atoms with Crippen LogP contribution in [0.4, 0.5) is 5.69 Å². The van der Waals surface area contributed by atoms with E-state index in [0.29, 0.717) is 29.8 Å². The summed E-state index contributed by atoms with van der Waals surface area (Å²) in [7, 11) is 1.55. The molecule has 1 aromatic rings. The molecular weight excluding hydrogens is 314 g/mol. The lowest BCUT2D eigenvalue weighted by molar-refractivity contribution is -0.120. The van der Waals surface area contributed by atoms with Crippen molar-refractivity contribution in [3.8, 4) is 5.75 Å². The Morgan fingerprint density at radius 2 is 1.84 bits per heavy atom. The molecule has 4 nitrogen and oxygen atoms in total. The van der Waals surface area contributed by atoms with Gasteiger partial charge in [0.25, 0.3) is 0 Å².